The van der Waals surface area contributed by atoms with E-state index < -0.39 is 11.9 Å². The molecule has 0 radical (unpaired) electrons. The average molecular weight is 510 g/mol. The normalized spacial score (nSPS) is 23.9. The minimum absolute atomic E-state index is 0.00287. The zero-order chi connectivity index (χ0) is 26.2. The molecule has 37 heavy (non-hydrogen) atoms. The van der Waals surface area contributed by atoms with Gasteiger partial charge >= 0.3 is 6.03 Å². The van der Waals surface area contributed by atoms with Crippen molar-refractivity contribution in [3.63, 3.8) is 0 Å². The van der Waals surface area contributed by atoms with Crippen molar-refractivity contribution >= 4 is 23.7 Å². The van der Waals surface area contributed by atoms with Crippen LogP contribution in [-0.2, 0) is 11.3 Å². The zero-order valence-electron chi connectivity index (χ0n) is 21.6. The molecule has 0 bridgehead atoms. The Kier molecular flexibility index (Phi) is 6.87. The van der Waals surface area contributed by atoms with Crippen LogP contribution in [-0.4, -0.2) is 56.2 Å². The van der Waals surface area contributed by atoms with Gasteiger partial charge in [-0.15, -0.1) is 0 Å². The van der Waals surface area contributed by atoms with Crippen molar-refractivity contribution in [1.29, 1.82) is 0 Å². The lowest BCUT2D eigenvalue weighted by Crippen LogP contribution is -2.49. The molecule has 1 saturated heterocycles. The number of carbonyl (C=O) groups is 3. The van der Waals surface area contributed by atoms with Gasteiger partial charge in [0.1, 0.15) is 17.6 Å². The highest BCUT2D eigenvalue weighted by molar-refractivity contribution is 6.00. The number of nitrogens with zero attached hydrogens (tertiary/aromatic N) is 4. The van der Waals surface area contributed by atoms with Gasteiger partial charge in [-0.3, -0.25) is 9.59 Å². The van der Waals surface area contributed by atoms with Crippen LogP contribution in [0.2, 0.25) is 0 Å². The van der Waals surface area contributed by atoms with Crippen molar-refractivity contribution in [3.05, 3.63) is 35.3 Å². The van der Waals surface area contributed by atoms with E-state index in [0.717, 1.165) is 44.1 Å². The molecular formula is C26H35N7O4. The highest BCUT2D eigenvalue weighted by atomic mass is 16.6. The maximum Gasteiger partial charge on any atom is 0.318 e. The first-order valence-electron chi connectivity index (χ1n) is 13.1. The topological polar surface area (TPSA) is 142 Å². The van der Waals surface area contributed by atoms with Crippen molar-refractivity contribution in [2.45, 2.75) is 83.3 Å². The molecule has 0 aromatic carbocycles. The van der Waals surface area contributed by atoms with Gasteiger partial charge in [0, 0.05) is 25.2 Å². The highest BCUT2D eigenvalue weighted by Crippen LogP contribution is 2.40. The third kappa shape index (κ3) is 5.91. The number of hydrogen-bond donors (Lipinski definition) is 3. The van der Waals surface area contributed by atoms with E-state index in [9.17, 15) is 14.4 Å². The van der Waals surface area contributed by atoms with Crippen molar-refractivity contribution in [2.75, 3.05) is 11.9 Å². The van der Waals surface area contributed by atoms with Crippen LogP contribution in [0.15, 0.2) is 23.0 Å². The Morgan fingerprint density at radius 1 is 1.19 bits per heavy atom. The van der Waals surface area contributed by atoms with Gasteiger partial charge in [0.25, 0.3) is 5.91 Å². The van der Waals surface area contributed by atoms with Crippen molar-refractivity contribution in [3.8, 4) is 0 Å². The van der Waals surface area contributed by atoms with Gasteiger partial charge < -0.3 is 20.9 Å². The largest absolute Gasteiger partial charge is 0.338 e. The van der Waals surface area contributed by atoms with Gasteiger partial charge in [-0.25, -0.2) is 14.4 Å². The van der Waals surface area contributed by atoms with E-state index in [1.165, 1.54) is 0 Å². The molecule has 3 heterocycles. The Labute approximate surface area is 216 Å². The Morgan fingerprint density at radius 3 is 2.62 bits per heavy atom. The Hall–Kier alpha value is -3.50. The van der Waals surface area contributed by atoms with E-state index in [4.69, 9.17) is 4.63 Å². The smallest absolute Gasteiger partial charge is 0.318 e. The molecule has 198 valence electrons. The second kappa shape index (κ2) is 10.1. The number of aromatic nitrogens is 3. The standard InChI is InChI=1S/C26H35N7O4/c1-15-4-6-18(7-5-15)21(29-24(35)22-20(17-8-9-17)31-37-32-22)23(34)28-19-12-16(10-11-27-19)13-33-14-26(2,3)30-25(33)36/h10-12,15,17-18,21H,4-9,13-14H2,1-3H3,(H,29,35)(H,30,36)(H,27,28,34). The molecule has 2 aromatic heterocycles. The first kappa shape index (κ1) is 25.2. The average Bonchev–Trinajstić information content (AvgIpc) is 3.51. The molecular weight excluding hydrogens is 474 g/mol. The van der Waals surface area contributed by atoms with Crippen LogP contribution in [0, 0.1) is 11.8 Å². The van der Waals surface area contributed by atoms with E-state index in [1.807, 2.05) is 19.9 Å². The lowest BCUT2D eigenvalue weighted by molar-refractivity contribution is -0.119. The molecule has 4 amide bonds. The fourth-order valence-electron chi connectivity index (χ4n) is 5.35. The summed E-state index contributed by atoms with van der Waals surface area (Å²) < 4.78 is 4.85. The fraction of sp³-hybridized carbons (Fsp3) is 0.615. The van der Waals surface area contributed by atoms with Gasteiger partial charge in [0.15, 0.2) is 5.69 Å². The second-order valence-electron chi connectivity index (χ2n) is 11.5. The minimum atomic E-state index is -0.737. The third-order valence-electron chi connectivity index (χ3n) is 7.56. The number of carbonyl (C=O) groups excluding carboxylic acids is 3. The number of nitrogens with one attached hydrogen (secondary N) is 3. The van der Waals surface area contributed by atoms with Crippen LogP contribution in [0.5, 0.6) is 0 Å². The van der Waals surface area contributed by atoms with Gasteiger partial charge in [-0.05, 0) is 74.2 Å². The summed E-state index contributed by atoms with van der Waals surface area (Å²) in [4.78, 5) is 45.0. The first-order valence-corrected chi connectivity index (χ1v) is 13.1. The second-order valence-corrected chi connectivity index (χ2v) is 11.5. The predicted molar refractivity (Wildman–Crippen MR) is 135 cm³/mol. The zero-order valence-corrected chi connectivity index (χ0v) is 21.6. The number of amides is 4. The van der Waals surface area contributed by atoms with Crippen molar-refractivity contribution in [2.24, 2.45) is 11.8 Å². The van der Waals surface area contributed by atoms with Gasteiger partial charge in [0.05, 0.1) is 5.54 Å². The summed E-state index contributed by atoms with van der Waals surface area (Å²) in [6, 6.07) is 2.74. The van der Waals surface area contributed by atoms with E-state index in [-0.39, 0.29) is 35.0 Å². The number of urea groups is 1. The number of rotatable bonds is 8. The summed E-state index contributed by atoms with van der Waals surface area (Å²) in [5.74, 6) is 0.427. The molecule has 3 N–H and O–H groups in total. The Bertz CT molecular complexity index is 1170. The number of anilines is 1. The van der Waals surface area contributed by atoms with Crippen LogP contribution in [0.4, 0.5) is 10.6 Å². The van der Waals surface area contributed by atoms with Gasteiger partial charge in [-0.1, -0.05) is 24.9 Å². The van der Waals surface area contributed by atoms with Crippen molar-refractivity contribution < 1.29 is 19.0 Å². The van der Waals surface area contributed by atoms with Crippen LogP contribution in [0.3, 0.4) is 0 Å². The van der Waals surface area contributed by atoms with Crippen LogP contribution >= 0.6 is 0 Å². The molecule has 2 saturated carbocycles. The van der Waals surface area contributed by atoms with E-state index in [2.05, 4.69) is 38.2 Å². The fourth-order valence-corrected chi connectivity index (χ4v) is 5.35. The lowest BCUT2D eigenvalue weighted by atomic mass is 9.79. The molecule has 2 aromatic rings. The maximum absolute atomic E-state index is 13.5. The molecule has 5 rings (SSSR count). The van der Waals surface area contributed by atoms with Crippen LogP contribution in [0.25, 0.3) is 0 Å². The Balaban J connectivity index is 1.29. The van der Waals surface area contributed by atoms with Gasteiger partial charge in [0.2, 0.25) is 5.91 Å². The van der Waals surface area contributed by atoms with Gasteiger partial charge in [-0.2, -0.15) is 0 Å². The molecule has 1 aliphatic heterocycles. The molecule has 11 nitrogen and oxygen atoms in total. The summed E-state index contributed by atoms with van der Waals surface area (Å²) in [7, 11) is 0. The van der Waals surface area contributed by atoms with Crippen molar-refractivity contribution in [1.82, 2.24) is 30.8 Å². The molecule has 2 aliphatic carbocycles. The summed E-state index contributed by atoms with van der Waals surface area (Å²) >= 11 is 0. The molecule has 11 heteroatoms. The molecule has 3 fully saturated rings. The molecule has 0 spiro atoms. The monoisotopic (exact) mass is 509 g/mol. The molecule has 3 aliphatic rings. The summed E-state index contributed by atoms with van der Waals surface area (Å²) in [5.41, 5.74) is 1.30. The SMILES string of the molecule is CC1CCC(C(NC(=O)c2nonc2C2CC2)C(=O)Nc2cc(CN3CC(C)(C)NC3=O)ccn2)CC1. The quantitative estimate of drug-likeness (QED) is 0.496. The lowest BCUT2D eigenvalue weighted by Gasteiger charge is -2.32. The van der Waals surface area contributed by atoms with E-state index >= 15 is 0 Å². The maximum atomic E-state index is 13.5. The Morgan fingerprint density at radius 2 is 1.95 bits per heavy atom. The molecule has 1 unspecified atom stereocenters. The summed E-state index contributed by atoms with van der Waals surface area (Å²) in [6.45, 7) is 7.16. The predicted octanol–water partition coefficient (Wildman–Crippen LogP) is 3.21. The van der Waals surface area contributed by atoms with E-state index in [1.54, 1.807) is 17.2 Å². The minimum Gasteiger partial charge on any atom is -0.338 e. The third-order valence-corrected chi connectivity index (χ3v) is 7.56. The van der Waals surface area contributed by atoms with Crippen LogP contribution in [0.1, 0.15) is 87.0 Å². The molecule has 1 atom stereocenters. The summed E-state index contributed by atoms with van der Waals surface area (Å²) in [5, 5.41) is 16.5. The summed E-state index contributed by atoms with van der Waals surface area (Å²) in [6.07, 6.45) is 7.23. The first-order chi connectivity index (χ1) is 17.7. The van der Waals surface area contributed by atoms with Crippen LogP contribution < -0.4 is 16.0 Å². The number of hydrogen-bond acceptors (Lipinski definition) is 7. The number of pyridine rings is 1. The highest BCUT2D eigenvalue weighted by Gasteiger charge is 2.37. The van der Waals surface area contributed by atoms with E-state index in [0.29, 0.717) is 30.5 Å².